The number of likely N-dealkylation sites (N-methyl/N-ethyl adjacent to an activating group) is 1. The van der Waals surface area contributed by atoms with Crippen LogP contribution in [0.15, 0.2) is 30.3 Å². The molecule has 0 aliphatic heterocycles. The van der Waals surface area contributed by atoms with Crippen molar-refractivity contribution in [2.24, 2.45) is 0 Å². The molecule has 0 saturated heterocycles. The van der Waals surface area contributed by atoms with E-state index >= 15 is 0 Å². The summed E-state index contributed by atoms with van der Waals surface area (Å²) in [6, 6.07) is 7.98. The van der Waals surface area contributed by atoms with Gasteiger partial charge in [0, 0.05) is 18.1 Å². The molecule has 2 rings (SSSR count). The molecule has 2 aromatic carbocycles. The van der Waals surface area contributed by atoms with Gasteiger partial charge >= 0.3 is 0 Å². The van der Waals surface area contributed by atoms with E-state index in [0.29, 0.717) is 27.4 Å². The van der Waals surface area contributed by atoms with Gasteiger partial charge in [0.25, 0.3) is 5.91 Å². The van der Waals surface area contributed by atoms with Crippen LogP contribution in [0.25, 0.3) is 0 Å². The van der Waals surface area contributed by atoms with E-state index in [9.17, 15) is 9.59 Å². The van der Waals surface area contributed by atoms with Crippen molar-refractivity contribution in [2.75, 3.05) is 13.2 Å². The molecule has 8 heteroatoms. The molecule has 0 saturated carbocycles. The zero-order valence-electron chi connectivity index (χ0n) is 17.4. The van der Waals surface area contributed by atoms with Gasteiger partial charge in [0.1, 0.15) is 11.8 Å². The van der Waals surface area contributed by atoms with Crippen LogP contribution in [0.1, 0.15) is 30.5 Å². The number of amides is 2. The number of carbonyl (C=O) groups excluding carboxylic acids is 2. The summed E-state index contributed by atoms with van der Waals surface area (Å²) in [5.41, 5.74) is 2.48. The molecule has 0 spiro atoms. The minimum absolute atomic E-state index is 0.191. The normalized spacial score (nSPS) is 11.7. The molecular weight excluding hydrogens is 447 g/mol. The fraction of sp³-hybridized carbons (Fsp3) is 0.364. The number of nitrogens with zero attached hydrogens (tertiary/aromatic N) is 1. The first-order chi connectivity index (χ1) is 14.1. The van der Waals surface area contributed by atoms with Crippen molar-refractivity contribution in [1.29, 1.82) is 0 Å². The highest BCUT2D eigenvalue weighted by atomic mass is 35.5. The quantitative estimate of drug-likeness (QED) is 0.576. The lowest BCUT2D eigenvalue weighted by atomic mass is 10.1. The van der Waals surface area contributed by atoms with Crippen LogP contribution < -0.4 is 10.1 Å². The summed E-state index contributed by atoms with van der Waals surface area (Å²) in [5, 5.41) is 4.22. The zero-order chi connectivity index (χ0) is 22.4. The van der Waals surface area contributed by atoms with Gasteiger partial charge in [-0.05, 0) is 68.7 Å². The Labute approximate surface area is 192 Å². The number of rotatable bonds is 8. The molecule has 1 unspecified atom stereocenters. The van der Waals surface area contributed by atoms with Crippen LogP contribution in [-0.2, 0) is 16.1 Å². The fourth-order valence-electron chi connectivity index (χ4n) is 2.96. The number of carbonyl (C=O) groups is 2. The Hall–Kier alpha value is -1.95. The number of halogens is 3. The molecule has 0 heterocycles. The summed E-state index contributed by atoms with van der Waals surface area (Å²) in [4.78, 5) is 26.8. The average Bonchev–Trinajstić information content (AvgIpc) is 2.70. The van der Waals surface area contributed by atoms with Crippen molar-refractivity contribution in [3.05, 3.63) is 62.1 Å². The predicted molar refractivity (Wildman–Crippen MR) is 122 cm³/mol. The molecule has 0 bridgehead atoms. The molecule has 0 fully saturated rings. The number of hydrogen-bond donors (Lipinski definition) is 1. The lowest BCUT2D eigenvalue weighted by molar-refractivity contribution is -0.142. The van der Waals surface area contributed by atoms with Gasteiger partial charge in [-0.15, -0.1) is 0 Å². The van der Waals surface area contributed by atoms with Crippen LogP contribution in [0, 0.1) is 13.8 Å². The van der Waals surface area contributed by atoms with Crippen LogP contribution in [0.2, 0.25) is 15.1 Å². The van der Waals surface area contributed by atoms with Gasteiger partial charge in [0.05, 0.1) is 10.0 Å². The van der Waals surface area contributed by atoms with Crippen LogP contribution in [0.3, 0.4) is 0 Å². The second-order valence-electron chi connectivity index (χ2n) is 7.00. The molecular formula is C22H25Cl3N2O3. The Kier molecular flexibility index (Phi) is 8.83. The highest BCUT2D eigenvalue weighted by Gasteiger charge is 2.26. The second kappa shape index (κ2) is 10.9. The Bertz CT molecular complexity index is 911. The van der Waals surface area contributed by atoms with Gasteiger partial charge in [-0.1, -0.05) is 40.9 Å². The van der Waals surface area contributed by atoms with Crippen LogP contribution in [0.5, 0.6) is 5.75 Å². The molecule has 1 atom stereocenters. The van der Waals surface area contributed by atoms with E-state index in [0.717, 1.165) is 16.7 Å². The Balaban J connectivity index is 2.20. The van der Waals surface area contributed by atoms with E-state index in [2.05, 4.69) is 5.32 Å². The maximum atomic E-state index is 13.0. The summed E-state index contributed by atoms with van der Waals surface area (Å²) >= 11 is 18.3. The highest BCUT2D eigenvalue weighted by molar-refractivity contribution is 6.42. The lowest BCUT2D eigenvalue weighted by Crippen LogP contribution is -2.49. The fourth-order valence-corrected chi connectivity index (χ4v) is 3.39. The Morgan fingerprint density at radius 2 is 1.70 bits per heavy atom. The molecule has 0 aliphatic carbocycles. The largest absolute Gasteiger partial charge is 0.484 e. The van der Waals surface area contributed by atoms with Gasteiger partial charge in [-0.25, -0.2) is 0 Å². The second-order valence-corrected chi connectivity index (χ2v) is 8.19. The third kappa shape index (κ3) is 6.27. The van der Waals surface area contributed by atoms with E-state index in [1.165, 1.54) is 4.90 Å². The van der Waals surface area contributed by atoms with Crippen LogP contribution in [-0.4, -0.2) is 35.9 Å². The van der Waals surface area contributed by atoms with E-state index in [1.807, 2.05) is 20.8 Å². The molecule has 0 aromatic heterocycles. The minimum atomic E-state index is -0.691. The van der Waals surface area contributed by atoms with Crippen LogP contribution >= 0.6 is 34.8 Å². The monoisotopic (exact) mass is 470 g/mol. The average molecular weight is 472 g/mol. The van der Waals surface area contributed by atoms with E-state index in [1.54, 1.807) is 37.3 Å². The van der Waals surface area contributed by atoms with Crippen molar-refractivity contribution in [3.63, 3.8) is 0 Å². The van der Waals surface area contributed by atoms with Crippen molar-refractivity contribution in [2.45, 2.75) is 40.3 Å². The Morgan fingerprint density at radius 1 is 1.07 bits per heavy atom. The van der Waals surface area contributed by atoms with Gasteiger partial charge in [-0.2, -0.15) is 0 Å². The summed E-state index contributed by atoms with van der Waals surface area (Å²) < 4.78 is 5.71. The number of nitrogens with one attached hydrogen (secondary N) is 1. The van der Waals surface area contributed by atoms with E-state index in [4.69, 9.17) is 39.5 Å². The molecule has 2 aromatic rings. The minimum Gasteiger partial charge on any atom is -0.484 e. The van der Waals surface area contributed by atoms with Gasteiger partial charge in [-0.3, -0.25) is 9.59 Å². The first-order valence-electron chi connectivity index (χ1n) is 9.54. The van der Waals surface area contributed by atoms with E-state index in [-0.39, 0.29) is 25.0 Å². The molecule has 5 nitrogen and oxygen atoms in total. The molecule has 0 aliphatic rings. The highest BCUT2D eigenvalue weighted by Crippen LogP contribution is 2.26. The number of ether oxygens (including phenoxy) is 1. The predicted octanol–water partition coefficient (Wildman–Crippen LogP) is 5.20. The molecule has 0 radical (unpaired) electrons. The SMILES string of the molecule is CCNC(=O)C(C)N(Cc1ccc(Cl)c(Cl)c1)C(=O)COc1cc(C)c(Cl)c(C)c1. The van der Waals surface area contributed by atoms with Crippen molar-refractivity contribution in [1.82, 2.24) is 10.2 Å². The summed E-state index contributed by atoms with van der Waals surface area (Å²) in [7, 11) is 0. The number of hydrogen-bond acceptors (Lipinski definition) is 3. The third-order valence-electron chi connectivity index (χ3n) is 4.63. The lowest BCUT2D eigenvalue weighted by Gasteiger charge is -2.28. The zero-order valence-corrected chi connectivity index (χ0v) is 19.7. The molecule has 1 N–H and O–H groups in total. The van der Waals surface area contributed by atoms with Gasteiger partial charge < -0.3 is 15.0 Å². The number of benzene rings is 2. The maximum absolute atomic E-state index is 13.0. The standard InChI is InChI=1S/C22H25Cl3N2O3/c1-5-26-22(29)15(4)27(11-16-6-7-18(23)19(24)10-16)20(28)12-30-17-8-13(2)21(25)14(3)9-17/h6-10,15H,5,11-12H2,1-4H3,(H,26,29). The first-order valence-corrected chi connectivity index (χ1v) is 10.7. The van der Waals surface area contributed by atoms with Crippen molar-refractivity contribution >= 4 is 46.6 Å². The van der Waals surface area contributed by atoms with Crippen molar-refractivity contribution in [3.8, 4) is 5.75 Å². The number of aryl methyl sites for hydroxylation is 2. The topological polar surface area (TPSA) is 58.6 Å². The Morgan fingerprint density at radius 3 is 2.27 bits per heavy atom. The first kappa shape index (κ1) is 24.3. The van der Waals surface area contributed by atoms with Crippen molar-refractivity contribution < 1.29 is 14.3 Å². The molecule has 2 amide bonds. The molecule has 30 heavy (non-hydrogen) atoms. The van der Waals surface area contributed by atoms with E-state index < -0.39 is 6.04 Å². The third-order valence-corrected chi connectivity index (χ3v) is 5.96. The maximum Gasteiger partial charge on any atom is 0.261 e. The summed E-state index contributed by atoms with van der Waals surface area (Å²) in [5.74, 6) is -0.0305. The smallest absolute Gasteiger partial charge is 0.261 e. The summed E-state index contributed by atoms with van der Waals surface area (Å²) in [6.07, 6.45) is 0. The van der Waals surface area contributed by atoms with Crippen LogP contribution in [0.4, 0.5) is 0 Å². The van der Waals surface area contributed by atoms with Gasteiger partial charge in [0.2, 0.25) is 5.91 Å². The van der Waals surface area contributed by atoms with Gasteiger partial charge in [0.15, 0.2) is 6.61 Å². The molecule has 162 valence electrons. The summed E-state index contributed by atoms with van der Waals surface area (Å²) in [6.45, 7) is 7.69.